The molecule has 1 saturated heterocycles. The molecule has 0 radical (unpaired) electrons. The molecule has 0 saturated carbocycles. The fraction of sp³-hybridized carbons (Fsp3) is 0.692. The lowest BCUT2D eigenvalue weighted by molar-refractivity contribution is 0.279. The minimum atomic E-state index is -3.47. The van der Waals surface area contributed by atoms with Crippen molar-refractivity contribution in [3.8, 4) is 0 Å². The molecule has 0 unspecified atom stereocenters. The summed E-state index contributed by atoms with van der Waals surface area (Å²) in [6, 6.07) is 0. The van der Waals surface area contributed by atoms with Crippen molar-refractivity contribution in [1.29, 1.82) is 0 Å². The molecule has 20 heavy (non-hydrogen) atoms. The van der Waals surface area contributed by atoms with Gasteiger partial charge in [-0.1, -0.05) is 13.8 Å². The minimum Gasteiger partial charge on any atom is -0.357 e. The summed E-state index contributed by atoms with van der Waals surface area (Å²) in [4.78, 5) is 8.13. The molecule has 1 fully saturated rings. The van der Waals surface area contributed by atoms with Gasteiger partial charge in [-0.25, -0.2) is 18.4 Å². The summed E-state index contributed by atoms with van der Waals surface area (Å²) in [7, 11) is -1.78. The lowest BCUT2D eigenvalue weighted by Gasteiger charge is -2.26. The van der Waals surface area contributed by atoms with Crippen LogP contribution < -0.4 is 5.32 Å². The van der Waals surface area contributed by atoms with Crippen LogP contribution in [-0.2, 0) is 10.0 Å². The molecular weight excluding hydrogens is 276 g/mol. The first-order valence-electron chi connectivity index (χ1n) is 6.97. The maximum Gasteiger partial charge on any atom is 0.246 e. The monoisotopic (exact) mass is 298 g/mol. The highest BCUT2D eigenvalue weighted by molar-refractivity contribution is 7.89. The summed E-state index contributed by atoms with van der Waals surface area (Å²) in [5.41, 5.74) is 0.124. The van der Waals surface area contributed by atoms with Gasteiger partial charge in [0.15, 0.2) is 0 Å². The Morgan fingerprint density at radius 3 is 2.35 bits per heavy atom. The summed E-state index contributed by atoms with van der Waals surface area (Å²) in [6.07, 6.45) is 5.67. The van der Waals surface area contributed by atoms with Gasteiger partial charge < -0.3 is 5.32 Å². The van der Waals surface area contributed by atoms with Crippen LogP contribution in [0.1, 0.15) is 33.1 Å². The summed E-state index contributed by atoms with van der Waals surface area (Å²) < 4.78 is 26.7. The molecule has 0 bridgehead atoms. The molecule has 0 aliphatic carbocycles. The van der Waals surface area contributed by atoms with Gasteiger partial charge in [0.25, 0.3) is 0 Å². The molecule has 0 spiro atoms. The lowest BCUT2D eigenvalue weighted by Crippen LogP contribution is -2.32. The van der Waals surface area contributed by atoms with E-state index in [1.54, 1.807) is 11.4 Å². The van der Waals surface area contributed by atoms with E-state index >= 15 is 0 Å². The topological polar surface area (TPSA) is 75.2 Å². The molecule has 0 amide bonds. The Balaban J connectivity index is 2.23. The summed E-state index contributed by atoms with van der Waals surface area (Å²) >= 11 is 0. The van der Waals surface area contributed by atoms with Gasteiger partial charge in [0.05, 0.1) is 12.4 Å². The minimum absolute atomic E-state index is 0.124. The van der Waals surface area contributed by atoms with E-state index in [0.717, 1.165) is 19.3 Å². The molecule has 1 N–H and O–H groups in total. The Bertz CT molecular complexity index is 552. The Kier molecular flexibility index (Phi) is 4.29. The first kappa shape index (κ1) is 15.2. The molecule has 2 rings (SSSR count). The van der Waals surface area contributed by atoms with Crippen molar-refractivity contribution in [2.45, 2.75) is 38.0 Å². The van der Waals surface area contributed by atoms with Gasteiger partial charge >= 0.3 is 0 Å². The van der Waals surface area contributed by atoms with Crippen molar-refractivity contribution in [2.75, 3.05) is 25.5 Å². The quantitative estimate of drug-likeness (QED) is 0.896. The van der Waals surface area contributed by atoms with Crippen molar-refractivity contribution in [2.24, 2.45) is 5.41 Å². The third-order valence-electron chi connectivity index (χ3n) is 4.39. The molecule has 2 heterocycles. The second-order valence-corrected chi connectivity index (χ2v) is 7.23. The Morgan fingerprint density at radius 2 is 1.90 bits per heavy atom. The Hall–Kier alpha value is -1.21. The number of anilines is 1. The van der Waals surface area contributed by atoms with E-state index in [2.05, 4.69) is 29.1 Å². The zero-order chi connectivity index (χ0) is 14.8. The van der Waals surface area contributed by atoms with E-state index in [0.29, 0.717) is 19.0 Å². The van der Waals surface area contributed by atoms with E-state index in [-0.39, 0.29) is 10.3 Å². The van der Waals surface area contributed by atoms with Crippen LogP contribution in [0.25, 0.3) is 0 Å². The number of aromatic nitrogens is 2. The molecule has 1 aliphatic heterocycles. The van der Waals surface area contributed by atoms with Crippen molar-refractivity contribution < 1.29 is 8.42 Å². The van der Waals surface area contributed by atoms with Crippen LogP contribution in [0, 0.1) is 5.41 Å². The summed E-state index contributed by atoms with van der Waals surface area (Å²) in [5, 5.41) is 2.78. The van der Waals surface area contributed by atoms with Gasteiger partial charge in [0.1, 0.15) is 4.90 Å². The van der Waals surface area contributed by atoms with Crippen molar-refractivity contribution >= 4 is 16.0 Å². The second kappa shape index (κ2) is 5.65. The average molecular weight is 298 g/mol. The molecule has 1 aromatic heterocycles. The highest BCUT2D eigenvalue weighted by Gasteiger charge is 2.40. The van der Waals surface area contributed by atoms with Crippen LogP contribution in [0.15, 0.2) is 17.3 Å². The van der Waals surface area contributed by atoms with E-state index in [9.17, 15) is 8.42 Å². The normalized spacial score (nSPS) is 19.1. The Morgan fingerprint density at radius 1 is 1.30 bits per heavy atom. The number of hydrogen-bond acceptors (Lipinski definition) is 5. The van der Waals surface area contributed by atoms with Gasteiger partial charge in [-0.3, -0.25) is 0 Å². The van der Waals surface area contributed by atoms with Crippen LogP contribution in [-0.4, -0.2) is 42.8 Å². The van der Waals surface area contributed by atoms with Gasteiger partial charge in [-0.05, 0) is 24.7 Å². The van der Waals surface area contributed by atoms with Gasteiger partial charge in [0, 0.05) is 20.1 Å². The van der Waals surface area contributed by atoms with Crippen LogP contribution >= 0.6 is 0 Å². The summed E-state index contributed by atoms with van der Waals surface area (Å²) in [5.74, 6) is 0.418. The fourth-order valence-corrected chi connectivity index (χ4v) is 4.10. The Labute approximate surface area is 120 Å². The molecule has 6 nitrogen and oxygen atoms in total. The highest BCUT2D eigenvalue weighted by atomic mass is 32.2. The third kappa shape index (κ3) is 2.64. The number of hydrogen-bond donors (Lipinski definition) is 1. The highest BCUT2D eigenvalue weighted by Crippen LogP contribution is 2.39. The number of sulfonamides is 1. The molecule has 1 aromatic rings. The molecule has 0 aromatic carbocycles. The number of nitrogens with zero attached hydrogens (tertiary/aromatic N) is 3. The van der Waals surface area contributed by atoms with Crippen LogP contribution in [0.4, 0.5) is 5.95 Å². The first-order valence-corrected chi connectivity index (χ1v) is 8.41. The van der Waals surface area contributed by atoms with E-state index in [4.69, 9.17) is 0 Å². The van der Waals surface area contributed by atoms with Gasteiger partial charge in [-0.2, -0.15) is 4.31 Å². The number of nitrogens with one attached hydrogen (secondary N) is 1. The average Bonchev–Trinajstić information content (AvgIpc) is 2.93. The van der Waals surface area contributed by atoms with Crippen molar-refractivity contribution in [3.63, 3.8) is 0 Å². The lowest BCUT2D eigenvalue weighted by atomic mass is 9.82. The zero-order valence-electron chi connectivity index (χ0n) is 12.3. The van der Waals surface area contributed by atoms with Crippen LogP contribution in [0.3, 0.4) is 0 Å². The second-order valence-electron chi connectivity index (χ2n) is 5.29. The molecular formula is C13H22N4O2S. The molecule has 1 aliphatic rings. The maximum absolute atomic E-state index is 12.6. The number of rotatable bonds is 5. The van der Waals surface area contributed by atoms with Crippen LogP contribution in [0.2, 0.25) is 0 Å². The predicted octanol–water partition coefficient (Wildman–Crippen LogP) is 1.72. The molecule has 0 atom stereocenters. The van der Waals surface area contributed by atoms with Gasteiger partial charge in [0.2, 0.25) is 16.0 Å². The standard InChI is InChI=1S/C13H22N4O2S/c1-4-13(5-2)6-7-17(10-13)20(18,19)11-8-15-12(14-3)16-9-11/h8-9H,4-7,10H2,1-3H3,(H,14,15,16). The fourth-order valence-electron chi connectivity index (χ4n) is 2.65. The summed E-state index contributed by atoms with van der Waals surface area (Å²) in [6.45, 7) is 5.43. The van der Waals surface area contributed by atoms with Crippen molar-refractivity contribution in [3.05, 3.63) is 12.4 Å². The smallest absolute Gasteiger partial charge is 0.246 e. The first-order chi connectivity index (χ1) is 9.47. The van der Waals surface area contributed by atoms with E-state index in [1.165, 1.54) is 12.4 Å². The molecule has 7 heteroatoms. The SMILES string of the molecule is CCC1(CC)CCN(S(=O)(=O)c2cnc(NC)nc2)C1. The van der Waals surface area contributed by atoms with E-state index in [1.807, 2.05) is 0 Å². The third-order valence-corrected chi connectivity index (χ3v) is 6.19. The van der Waals surface area contributed by atoms with Crippen molar-refractivity contribution in [1.82, 2.24) is 14.3 Å². The van der Waals surface area contributed by atoms with E-state index < -0.39 is 10.0 Å². The van der Waals surface area contributed by atoms with Gasteiger partial charge in [-0.15, -0.1) is 0 Å². The predicted molar refractivity (Wildman–Crippen MR) is 78.0 cm³/mol. The van der Waals surface area contributed by atoms with Crippen LogP contribution in [0.5, 0.6) is 0 Å². The zero-order valence-corrected chi connectivity index (χ0v) is 13.1. The maximum atomic E-state index is 12.6. The largest absolute Gasteiger partial charge is 0.357 e. The molecule has 112 valence electrons.